The Labute approximate surface area is 132 Å². The molecule has 1 aliphatic heterocycles. The molecule has 0 radical (unpaired) electrons. The summed E-state index contributed by atoms with van der Waals surface area (Å²) in [5, 5.41) is 6.09. The van der Waals surface area contributed by atoms with Crippen LogP contribution >= 0.6 is 0 Å². The van der Waals surface area contributed by atoms with Crippen LogP contribution < -0.4 is 15.4 Å². The smallest absolute Gasteiger partial charge is 0.239 e. The van der Waals surface area contributed by atoms with Crippen molar-refractivity contribution in [3.63, 3.8) is 0 Å². The minimum absolute atomic E-state index is 0.0132. The van der Waals surface area contributed by atoms with Gasteiger partial charge >= 0.3 is 0 Å². The van der Waals surface area contributed by atoms with Gasteiger partial charge in [-0.05, 0) is 30.5 Å². The van der Waals surface area contributed by atoms with E-state index in [2.05, 4.69) is 29.7 Å². The quantitative estimate of drug-likeness (QED) is 0.715. The Balaban J connectivity index is 1.66. The molecule has 0 spiro atoms. The number of unbranched alkanes of at least 4 members (excludes halogenated alkanes) is 1. The number of rotatable bonds is 8. The van der Waals surface area contributed by atoms with Gasteiger partial charge in [-0.15, -0.1) is 0 Å². The first-order valence-corrected chi connectivity index (χ1v) is 8.10. The molecule has 1 amide bonds. The summed E-state index contributed by atoms with van der Waals surface area (Å²) < 4.78 is 10.9. The molecule has 22 heavy (non-hydrogen) atoms. The monoisotopic (exact) mass is 306 g/mol. The van der Waals surface area contributed by atoms with Gasteiger partial charge in [0.15, 0.2) is 0 Å². The van der Waals surface area contributed by atoms with Gasteiger partial charge in [-0.1, -0.05) is 25.5 Å². The summed E-state index contributed by atoms with van der Waals surface area (Å²) in [5.41, 5.74) is 1.19. The van der Waals surface area contributed by atoms with E-state index in [0.29, 0.717) is 19.8 Å². The summed E-state index contributed by atoms with van der Waals surface area (Å²) in [6.45, 7) is 5.41. The van der Waals surface area contributed by atoms with E-state index in [1.54, 1.807) is 0 Å². The van der Waals surface area contributed by atoms with Gasteiger partial charge in [0.05, 0.1) is 19.8 Å². The Morgan fingerprint density at radius 3 is 2.91 bits per heavy atom. The SMILES string of the molecule is CCCCOc1ccc(CCNC(=O)C2COCCN2)cc1. The Morgan fingerprint density at radius 2 is 2.23 bits per heavy atom. The van der Waals surface area contributed by atoms with Crippen molar-refractivity contribution < 1.29 is 14.3 Å². The lowest BCUT2D eigenvalue weighted by atomic mass is 10.1. The van der Waals surface area contributed by atoms with E-state index in [-0.39, 0.29) is 11.9 Å². The third kappa shape index (κ3) is 5.66. The Kier molecular flexibility index (Phi) is 7.19. The number of hydrogen-bond donors (Lipinski definition) is 2. The Bertz CT molecular complexity index is 442. The van der Waals surface area contributed by atoms with Gasteiger partial charge in [-0.3, -0.25) is 4.79 Å². The fraction of sp³-hybridized carbons (Fsp3) is 0.588. The third-order valence-corrected chi connectivity index (χ3v) is 3.64. The zero-order valence-electron chi connectivity index (χ0n) is 13.3. The van der Waals surface area contributed by atoms with Crippen molar-refractivity contribution in [2.24, 2.45) is 0 Å². The molecule has 5 nitrogen and oxygen atoms in total. The highest BCUT2D eigenvalue weighted by atomic mass is 16.5. The van der Waals surface area contributed by atoms with E-state index >= 15 is 0 Å². The minimum atomic E-state index is -0.219. The summed E-state index contributed by atoms with van der Waals surface area (Å²) in [4.78, 5) is 11.9. The molecule has 0 saturated carbocycles. The molecule has 1 aromatic rings. The molecule has 5 heteroatoms. The lowest BCUT2D eigenvalue weighted by Gasteiger charge is -2.22. The molecule has 1 heterocycles. The largest absolute Gasteiger partial charge is 0.494 e. The van der Waals surface area contributed by atoms with Crippen LogP contribution in [0, 0.1) is 0 Å². The van der Waals surface area contributed by atoms with E-state index in [4.69, 9.17) is 9.47 Å². The van der Waals surface area contributed by atoms with Crippen LogP contribution in [0.2, 0.25) is 0 Å². The minimum Gasteiger partial charge on any atom is -0.494 e. The van der Waals surface area contributed by atoms with E-state index in [1.807, 2.05) is 12.1 Å². The number of nitrogens with one attached hydrogen (secondary N) is 2. The summed E-state index contributed by atoms with van der Waals surface area (Å²) in [6.07, 6.45) is 3.03. The molecule has 2 N–H and O–H groups in total. The third-order valence-electron chi connectivity index (χ3n) is 3.64. The van der Waals surface area contributed by atoms with Gasteiger partial charge in [0, 0.05) is 13.1 Å². The predicted molar refractivity (Wildman–Crippen MR) is 86.2 cm³/mol. The van der Waals surface area contributed by atoms with Crippen LogP contribution in [-0.2, 0) is 16.0 Å². The lowest BCUT2D eigenvalue weighted by Crippen LogP contribution is -2.51. The van der Waals surface area contributed by atoms with E-state index < -0.39 is 0 Å². The first-order valence-electron chi connectivity index (χ1n) is 8.10. The fourth-order valence-electron chi connectivity index (χ4n) is 2.27. The Hall–Kier alpha value is -1.59. The summed E-state index contributed by atoms with van der Waals surface area (Å²) in [6, 6.07) is 7.86. The Morgan fingerprint density at radius 1 is 1.41 bits per heavy atom. The maximum absolute atomic E-state index is 11.9. The zero-order chi connectivity index (χ0) is 15.6. The maximum atomic E-state index is 11.9. The number of carbonyl (C=O) groups excluding carboxylic acids is 1. The average molecular weight is 306 g/mol. The second-order valence-electron chi connectivity index (χ2n) is 5.47. The number of ether oxygens (including phenoxy) is 2. The van der Waals surface area contributed by atoms with Crippen molar-refractivity contribution in [3.8, 4) is 5.75 Å². The van der Waals surface area contributed by atoms with E-state index in [1.165, 1.54) is 5.56 Å². The number of carbonyl (C=O) groups is 1. The molecule has 1 saturated heterocycles. The first-order chi connectivity index (χ1) is 10.8. The van der Waals surface area contributed by atoms with Gasteiger partial charge in [0.25, 0.3) is 0 Å². The highest BCUT2D eigenvalue weighted by Gasteiger charge is 2.20. The van der Waals surface area contributed by atoms with Crippen molar-refractivity contribution >= 4 is 5.91 Å². The maximum Gasteiger partial charge on any atom is 0.239 e. The normalized spacial score (nSPS) is 18.0. The van der Waals surface area contributed by atoms with Gasteiger partial charge < -0.3 is 20.1 Å². The molecule has 0 aromatic heterocycles. The summed E-state index contributed by atoms with van der Waals surface area (Å²) >= 11 is 0. The molecule has 1 aliphatic rings. The summed E-state index contributed by atoms with van der Waals surface area (Å²) in [5.74, 6) is 0.920. The average Bonchev–Trinajstić information content (AvgIpc) is 2.57. The fourth-order valence-corrected chi connectivity index (χ4v) is 2.27. The number of amides is 1. The van der Waals surface area contributed by atoms with Crippen LogP contribution in [0.25, 0.3) is 0 Å². The van der Waals surface area contributed by atoms with Gasteiger partial charge in [0.1, 0.15) is 11.8 Å². The number of morpholine rings is 1. The first kappa shape index (κ1) is 16.8. The molecule has 0 aliphatic carbocycles. The van der Waals surface area contributed by atoms with Gasteiger partial charge in [-0.25, -0.2) is 0 Å². The molecule has 1 fully saturated rings. The number of benzene rings is 1. The van der Waals surface area contributed by atoms with Crippen LogP contribution in [-0.4, -0.2) is 44.9 Å². The molecule has 1 aromatic carbocycles. The second kappa shape index (κ2) is 9.43. The molecular formula is C17H26N2O3. The van der Waals surface area contributed by atoms with E-state index in [9.17, 15) is 4.79 Å². The van der Waals surface area contributed by atoms with Gasteiger partial charge in [0.2, 0.25) is 5.91 Å². The van der Waals surface area contributed by atoms with Crippen molar-refractivity contribution in [1.29, 1.82) is 0 Å². The lowest BCUT2D eigenvalue weighted by molar-refractivity contribution is -0.125. The van der Waals surface area contributed by atoms with Crippen LogP contribution in [0.3, 0.4) is 0 Å². The van der Waals surface area contributed by atoms with Crippen LogP contribution in [0.4, 0.5) is 0 Å². The van der Waals surface area contributed by atoms with Gasteiger partial charge in [-0.2, -0.15) is 0 Å². The van der Waals surface area contributed by atoms with Crippen LogP contribution in [0.15, 0.2) is 24.3 Å². The zero-order valence-corrected chi connectivity index (χ0v) is 13.3. The highest BCUT2D eigenvalue weighted by molar-refractivity contribution is 5.81. The standard InChI is InChI=1S/C17H26N2O3/c1-2-3-11-22-15-6-4-14(5-7-15)8-9-19-17(20)16-13-21-12-10-18-16/h4-7,16,18H,2-3,8-13H2,1H3,(H,19,20). The van der Waals surface area contributed by atoms with Crippen molar-refractivity contribution in [2.75, 3.05) is 32.9 Å². The van der Waals surface area contributed by atoms with Crippen LogP contribution in [0.1, 0.15) is 25.3 Å². The topological polar surface area (TPSA) is 59.6 Å². The molecule has 1 unspecified atom stereocenters. The van der Waals surface area contributed by atoms with Crippen molar-refractivity contribution in [3.05, 3.63) is 29.8 Å². The molecule has 1 atom stereocenters. The predicted octanol–water partition coefficient (Wildman–Crippen LogP) is 1.51. The summed E-state index contributed by atoms with van der Waals surface area (Å²) in [7, 11) is 0. The highest BCUT2D eigenvalue weighted by Crippen LogP contribution is 2.13. The molecule has 122 valence electrons. The van der Waals surface area contributed by atoms with Crippen LogP contribution in [0.5, 0.6) is 5.75 Å². The van der Waals surface area contributed by atoms with E-state index in [0.717, 1.165) is 38.2 Å². The van der Waals surface area contributed by atoms with Crippen molar-refractivity contribution in [2.45, 2.75) is 32.2 Å². The second-order valence-corrected chi connectivity index (χ2v) is 5.47. The van der Waals surface area contributed by atoms with Crippen molar-refractivity contribution in [1.82, 2.24) is 10.6 Å². The molecule has 0 bridgehead atoms. The molecule has 2 rings (SSSR count). The number of hydrogen-bond acceptors (Lipinski definition) is 4. The molecular weight excluding hydrogens is 280 g/mol.